The van der Waals surface area contributed by atoms with Crippen LogP contribution in [-0.2, 0) is 0 Å². The largest absolute Gasteiger partial charge is 0.324 e. The third-order valence-electron chi connectivity index (χ3n) is 4.04. The van der Waals surface area contributed by atoms with Gasteiger partial charge in [-0.3, -0.25) is 0 Å². The highest BCUT2D eigenvalue weighted by Crippen LogP contribution is 2.40. The molecule has 0 radical (unpaired) electrons. The summed E-state index contributed by atoms with van der Waals surface area (Å²) in [5.74, 6) is 2.02. The molecule has 3 unspecified atom stereocenters. The molecule has 2 rings (SSSR count). The standard InChI is InChI=1S/C15H21Cl2N/c1-9-5-10(2)7-11(6-9)15(18)13-8-12(16)3-4-14(13)17/h3-4,8-11,15H,5-7,18H2,1-2H3. The molecule has 1 aliphatic carbocycles. The molecule has 1 aromatic carbocycles. The van der Waals surface area contributed by atoms with Gasteiger partial charge in [-0.1, -0.05) is 37.0 Å². The third-order valence-corrected chi connectivity index (χ3v) is 4.62. The molecule has 1 aromatic rings. The van der Waals surface area contributed by atoms with Crippen LogP contribution in [0.15, 0.2) is 18.2 Å². The van der Waals surface area contributed by atoms with Crippen molar-refractivity contribution in [1.82, 2.24) is 0 Å². The fraction of sp³-hybridized carbons (Fsp3) is 0.600. The highest BCUT2D eigenvalue weighted by atomic mass is 35.5. The fourth-order valence-electron chi connectivity index (χ4n) is 3.33. The minimum atomic E-state index is 0.00130. The van der Waals surface area contributed by atoms with Crippen LogP contribution in [0, 0.1) is 17.8 Å². The van der Waals surface area contributed by atoms with Crippen LogP contribution in [0.4, 0.5) is 0 Å². The molecule has 0 aromatic heterocycles. The third kappa shape index (κ3) is 3.20. The minimum Gasteiger partial charge on any atom is -0.324 e. The molecule has 18 heavy (non-hydrogen) atoms. The normalized spacial score (nSPS) is 30.2. The Morgan fingerprint density at radius 2 is 1.72 bits per heavy atom. The molecule has 1 saturated carbocycles. The van der Waals surface area contributed by atoms with Crippen LogP contribution in [0.1, 0.15) is 44.7 Å². The predicted octanol–water partition coefficient (Wildman–Crippen LogP) is 5.07. The lowest BCUT2D eigenvalue weighted by molar-refractivity contribution is 0.193. The second-order valence-corrected chi connectivity index (χ2v) is 6.71. The number of nitrogens with two attached hydrogens (primary N) is 1. The molecule has 2 N–H and O–H groups in total. The first-order chi connectivity index (χ1) is 8.47. The first kappa shape index (κ1) is 14.2. The summed E-state index contributed by atoms with van der Waals surface area (Å²) in [7, 11) is 0. The van der Waals surface area contributed by atoms with Gasteiger partial charge in [0.05, 0.1) is 0 Å². The van der Waals surface area contributed by atoms with Crippen LogP contribution in [0.25, 0.3) is 0 Å². The number of rotatable bonds is 2. The lowest BCUT2D eigenvalue weighted by atomic mass is 9.72. The van der Waals surface area contributed by atoms with Gasteiger partial charge in [-0.25, -0.2) is 0 Å². The molecule has 0 heterocycles. The molecule has 0 saturated heterocycles. The predicted molar refractivity (Wildman–Crippen MR) is 79.1 cm³/mol. The molecule has 0 aliphatic heterocycles. The topological polar surface area (TPSA) is 26.0 Å². The first-order valence-corrected chi connectivity index (χ1v) is 7.43. The van der Waals surface area contributed by atoms with Crippen LogP contribution >= 0.6 is 23.2 Å². The monoisotopic (exact) mass is 285 g/mol. The summed E-state index contributed by atoms with van der Waals surface area (Å²) in [4.78, 5) is 0. The van der Waals surface area contributed by atoms with Gasteiger partial charge >= 0.3 is 0 Å². The smallest absolute Gasteiger partial charge is 0.0454 e. The van der Waals surface area contributed by atoms with Crippen LogP contribution < -0.4 is 5.73 Å². The molecular formula is C15H21Cl2N. The average molecular weight is 286 g/mol. The van der Waals surface area contributed by atoms with E-state index in [9.17, 15) is 0 Å². The Morgan fingerprint density at radius 1 is 1.11 bits per heavy atom. The van der Waals surface area contributed by atoms with Crippen LogP contribution in [0.3, 0.4) is 0 Å². The summed E-state index contributed by atoms with van der Waals surface area (Å²) in [5, 5.41) is 1.44. The van der Waals surface area contributed by atoms with Crippen molar-refractivity contribution in [2.24, 2.45) is 23.5 Å². The number of benzene rings is 1. The van der Waals surface area contributed by atoms with Crippen molar-refractivity contribution < 1.29 is 0 Å². The zero-order valence-electron chi connectivity index (χ0n) is 11.0. The van der Waals surface area contributed by atoms with Gasteiger partial charge in [0.25, 0.3) is 0 Å². The van der Waals surface area contributed by atoms with Crippen molar-refractivity contribution in [3.8, 4) is 0 Å². The van der Waals surface area contributed by atoms with Crippen molar-refractivity contribution in [3.63, 3.8) is 0 Å². The molecule has 3 heteroatoms. The van der Waals surface area contributed by atoms with Gasteiger partial charge in [-0.05, 0) is 60.8 Å². The summed E-state index contributed by atoms with van der Waals surface area (Å²) >= 11 is 12.3. The first-order valence-electron chi connectivity index (χ1n) is 6.68. The maximum atomic E-state index is 6.42. The van der Waals surface area contributed by atoms with Gasteiger partial charge < -0.3 is 5.73 Å². The second kappa shape index (κ2) is 5.81. The van der Waals surface area contributed by atoms with Gasteiger partial charge in [0, 0.05) is 16.1 Å². The van der Waals surface area contributed by atoms with E-state index in [1.807, 2.05) is 18.2 Å². The quantitative estimate of drug-likeness (QED) is 0.807. The summed E-state index contributed by atoms with van der Waals surface area (Å²) < 4.78 is 0. The van der Waals surface area contributed by atoms with E-state index < -0.39 is 0 Å². The SMILES string of the molecule is CC1CC(C)CC(C(N)c2cc(Cl)ccc2Cl)C1. The summed E-state index contributed by atoms with van der Waals surface area (Å²) in [5.41, 5.74) is 7.42. The minimum absolute atomic E-state index is 0.00130. The van der Waals surface area contributed by atoms with Crippen molar-refractivity contribution >= 4 is 23.2 Å². The second-order valence-electron chi connectivity index (χ2n) is 5.87. The Hall–Kier alpha value is -0.240. The zero-order valence-corrected chi connectivity index (χ0v) is 12.5. The summed E-state index contributed by atoms with van der Waals surface area (Å²) in [6, 6.07) is 5.57. The van der Waals surface area contributed by atoms with E-state index in [1.165, 1.54) is 19.3 Å². The Balaban J connectivity index is 2.19. The van der Waals surface area contributed by atoms with E-state index in [0.29, 0.717) is 10.9 Å². The van der Waals surface area contributed by atoms with E-state index in [4.69, 9.17) is 28.9 Å². The van der Waals surface area contributed by atoms with Crippen molar-refractivity contribution in [2.75, 3.05) is 0 Å². The maximum absolute atomic E-state index is 6.42. The molecule has 1 nitrogen and oxygen atoms in total. The molecule has 0 spiro atoms. The summed E-state index contributed by atoms with van der Waals surface area (Å²) in [6.45, 7) is 4.63. The van der Waals surface area contributed by atoms with E-state index in [2.05, 4.69) is 13.8 Å². The Bertz CT molecular complexity index is 409. The maximum Gasteiger partial charge on any atom is 0.0454 e. The number of halogens is 2. The van der Waals surface area contributed by atoms with Crippen LogP contribution in [-0.4, -0.2) is 0 Å². The van der Waals surface area contributed by atoms with Gasteiger partial charge in [0.2, 0.25) is 0 Å². The van der Waals surface area contributed by atoms with Crippen molar-refractivity contribution in [2.45, 2.75) is 39.2 Å². The van der Waals surface area contributed by atoms with Crippen LogP contribution in [0.2, 0.25) is 10.0 Å². The van der Waals surface area contributed by atoms with Crippen molar-refractivity contribution in [3.05, 3.63) is 33.8 Å². The molecule has 1 aliphatic rings. The molecule has 3 atom stereocenters. The fourth-order valence-corrected chi connectivity index (χ4v) is 3.75. The van der Waals surface area contributed by atoms with Gasteiger partial charge in [-0.2, -0.15) is 0 Å². The van der Waals surface area contributed by atoms with Crippen LogP contribution in [0.5, 0.6) is 0 Å². The molecule has 100 valence electrons. The summed E-state index contributed by atoms with van der Waals surface area (Å²) in [6.07, 6.45) is 3.69. The number of hydrogen-bond acceptors (Lipinski definition) is 1. The Labute approximate surface area is 120 Å². The average Bonchev–Trinajstić information content (AvgIpc) is 2.30. The van der Waals surface area contributed by atoms with Gasteiger partial charge in [0.1, 0.15) is 0 Å². The van der Waals surface area contributed by atoms with Gasteiger partial charge in [-0.15, -0.1) is 0 Å². The Morgan fingerprint density at radius 3 is 2.33 bits per heavy atom. The van der Waals surface area contributed by atoms with E-state index in [1.54, 1.807) is 0 Å². The highest BCUT2D eigenvalue weighted by Gasteiger charge is 2.29. The zero-order chi connectivity index (χ0) is 13.3. The van der Waals surface area contributed by atoms with E-state index in [-0.39, 0.29) is 6.04 Å². The Kier molecular flexibility index (Phi) is 4.58. The molecule has 1 fully saturated rings. The van der Waals surface area contributed by atoms with E-state index >= 15 is 0 Å². The lowest BCUT2D eigenvalue weighted by Crippen LogP contribution is -2.29. The molecule has 0 amide bonds. The molecule has 0 bridgehead atoms. The van der Waals surface area contributed by atoms with E-state index in [0.717, 1.165) is 22.4 Å². The molecular weight excluding hydrogens is 265 g/mol. The van der Waals surface area contributed by atoms with Gasteiger partial charge in [0.15, 0.2) is 0 Å². The highest BCUT2D eigenvalue weighted by molar-refractivity contribution is 6.33. The van der Waals surface area contributed by atoms with Crippen molar-refractivity contribution in [1.29, 1.82) is 0 Å². The lowest BCUT2D eigenvalue weighted by Gasteiger charge is -2.35. The number of hydrogen-bond donors (Lipinski definition) is 1.